The van der Waals surface area contributed by atoms with Crippen molar-refractivity contribution in [3.05, 3.63) is 65.6 Å². The van der Waals surface area contributed by atoms with E-state index in [1.54, 1.807) is 18.2 Å². The lowest BCUT2D eigenvalue weighted by Gasteiger charge is -2.13. The molecular weight excluding hydrogens is 305 g/mol. The Morgan fingerprint density at radius 3 is 2.67 bits per heavy atom. The number of nitrogens with zero attached hydrogens (tertiary/aromatic N) is 3. The Kier molecular flexibility index (Phi) is 4.65. The number of rotatable bonds is 5. The largest absolute Gasteiger partial charge is 0.336 e. The molecule has 0 amide bonds. The van der Waals surface area contributed by atoms with Crippen molar-refractivity contribution >= 4 is 23.1 Å². The van der Waals surface area contributed by atoms with Crippen molar-refractivity contribution in [3.8, 4) is 0 Å². The highest BCUT2D eigenvalue weighted by molar-refractivity contribution is 5.64. The number of aryl methyl sites for hydroxylation is 2. The molecule has 5 nitrogen and oxygen atoms in total. The maximum atomic E-state index is 13.7. The fraction of sp³-hybridized carbons (Fsp3) is 0.167. The van der Waals surface area contributed by atoms with Crippen LogP contribution in [0, 0.1) is 12.7 Å². The smallest absolute Gasteiger partial charge is 0.249 e. The summed E-state index contributed by atoms with van der Waals surface area (Å²) in [5.74, 6) is 0.433. The molecule has 0 fully saturated rings. The zero-order chi connectivity index (χ0) is 16.9. The van der Waals surface area contributed by atoms with E-state index in [1.807, 2.05) is 19.1 Å². The molecule has 3 rings (SSSR count). The first kappa shape index (κ1) is 15.9. The van der Waals surface area contributed by atoms with Gasteiger partial charge in [-0.3, -0.25) is 0 Å². The molecule has 0 bridgehead atoms. The van der Waals surface area contributed by atoms with E-state index in [2.05, 4.69) is 38.8 Å². The molecular formula is C18H18FN5. The van der Waals surface area contributed by atoms with E-state index in [0.29, 0.717) is 17.5 Å². The number of anilines is 4. The first-order chi connectivity index (χ1) is 11.7. The number of halogens is 1. The molecule has 0 saturated carbocycles. The lowest BCUT2D eigenvalue weighted by Crippen LogP contribution is -2.05. The van der Waals surface area contributed by atoms with Crippen LogP contribution in [0.1, 0.15) is 18.1 Å². The summed E-state index contributed by atoms with van der Waals surface area (Å²) in [4.78, 5) is 4.36. The number of nitrogens with one attached hydrogen (secondary N) is 2. The monoisotopic (exact) mass is 323 g/mol. The fourth-order valence-corrected chi connectivity index (χ4v) is 2.43. The number of hydrogen-bond donors (Lipinski definition) is 2. The van der Waals surface area contributed by atoms with Crippen LogP contribution in [-0.4, -0.2) is 15.2 Å². The number of hydrogen-bond acceptors (Lipinski definition) is 5. The highest BCUT2D eigenvalue weighted by Crippen LogP contribution is 2.24. The van der Waals surface area contributed by atoms with Crippen molar-refractivity contribution in [2.75, 3.05) is 10.6 Å². The van der Waals surface area contributed by atoms with Gasteiger partial charge < -0.3 is 10.6 Å². The maximum absolute atomic E-state index is 13.7. The second kappa shape index (κ2) is 7.04. The van der Waals surface area contributed by atoms with Crippen LogP contribution >= 0.6 is 0 Å². The normalized spacial score (nSPS) is 10.5. The van der Waals surface area contributed by atoms with Gasteiger partial charge in [-0.25, -0.2) is 4.39 Å². The summed E-state index contributed by atoms with van der Waals surface area (Å²) >= 11 is 0. The van der Waals surface area contributed by atoms with E-state index in [0.717, 1.165) is 17.7 Å². The number of para-hydroxylation sites is 2. The molecule has 6 heteroatoms. The molecule has 0 aliphatic carbocycles. The molecule has 1 aromatic heterocycles. The summed E-state index contributed by atoms with van der Waals surface area (Å²) < 4.78 is 13.7. The van der Waals surface area contributed by atoms with Gasteiger partial charge in [-0.1, -0.05) is 37.3 Å². The van der Waals surface area contributed by atoms with Gasteiger partial charge in [-0.05, 0) is 36.6 Å². The molecule has 1 heterocycles. The van der Waals surface area contributed by atoms with E-state index >= 15 is 0 Å². The van der Waals surface area contributed by atoms with Crippen LogP contribution in [0.25, 0.3) is 0 Å². The van der Waals surface area contributed by atoms with Gasteiger partial charge in [0.15, 0.2) is 5.82 Å². The van der Waals surface area contributed by atoms with Crippen molar-refractivity contribution < 1.29 is 4.39 Å². The third-order valence-electron chi connectivity index (χ3n) is 3.67. The van der Waals surface area contributed by atoms with Crippen LogP contribution in [0.5, 0.6) is 0 Å². The molecule has 0 aliphatic heterocycles. The SMILES string of the molecule is CCc1cccc(C)c1Nc1nncc(Nc2ccccc2F)n1. The molecule has 2 aromatic carbocycles. The first-order valence-electron chi connectivity index (χ1n) is 7.74. The molecule has 122 valence electrons. The molecule has 3 aromatic rings. The Bertz CT molecular complexity index is 850. The Labute approximate surface area is 140 Å². The van der Waals surface area contributed by atoms with E-state index in [4.69, 9.17) is 0 Å². The van der Waals surface area contributed by atoms with Gasteiger partial charge in [-0.15, -0.1) is 5.10 Å². The van der Waals surface area contributed by atoms with Gasteiger partial charge >= 0.3 is 0 Å². The molecule has 0 aliphatic rings. The van der Waals surface area contributed by atoms with Gasteiger partial charge in [0.05, 0.1) is 11.9 Å². The van der Waals surface area contributed by atoms with Gasteiger partial charge in [-0.2, -0.15) is 10.1 Å². The minimum Gasteiger partial charge on any atom is -0.336 e. The third-order valence-corrected chi connectivity index (χ3v) is 3.67. The summed E-state index contributed by atoms with van der Waals surface area (Å²) in [7, 11) is 0. The highest BCUT2D eigenvalue weighted by atomic mass is 19.1. The zero-order valence-electron chi connectivity index (χ0n) is 13.5. The van der Waals surface area contributed by atoms with Crippen molar-refractivity contribution in [3.63, 3.8) is 0 Å². The minimum atomic E-state index is -0.349. The van der Waals surface area contributed by atoms with E-state index in [9.17, 15) is 4.39 Å². The Balaban J connectivity index is 1.85. The average Bonchev–Trinajstić information content (AvgIpc) is 2.59. The zero-order valence-corrected chi connectivity index (χ0v) is 13.5. The Hall–Kier alpha value is -3.02. The molecule has 0 saturated heterocycles. The standard InChI is InChI=1S/C18H18FN5/c1-3-13-8-6-7-12(2)17(13)23-18-22-16(11-20-24-18)21-15-10-5-4-9-14(15)19/h4-11H,3H2,1-2H3,(H2,21,22,23,24). The first-order valence-corrected chi connectivity index (χ1v) is 7.74. The highest BCUT2D eigenvalue weighted by Gasteiger charge is 2.08. The lowest BCUT2D eigenvalue weighted by atomic mass is 10.1. The topological polar surface area (TPSA) is 62.7 Å². The predicted molar refractivity (Wildman–Crippen MR) is 93.3 cm³/mol. The van der Waals surface area contributed by atoms with E-state index in [1.165, 1.54) is 17.8 Å². The average molecular weight is 323 g/mol. The summed E-state index contributed by atoms with van der Waals surface area (Å²) in [5, 5.41) is 14.1. The van der Waals surface area contributed by atoms with Gasteiger partial charge in [0, 0.05) is 5.69 Å². The molecule has 2 N–H and O–H groups in total. The van der Waals surface area contributed by atoms with E-state index in [-0.39, 0.29) is 5.82 Å². The van der Waals surface area contributed by atoms with Gasteiger partial charge in [0.25, 0.3) is 0 Å². The van der Waals surface area contributed by atoms with Gasteiger partial charge in [0.1, 0.15) is 5.82 Å². The van der Waals surface area contributed by atoms with Crippen molar-refractivity contribution in [1.82, 2.24) is 15.2 Å². The fourth-order valence-electron chi connectivity index (χ4n) is 2.43. The van der Waals surface area contributed by atoms with E-state index < -0.39 is 0 Å². The van der Waals surface area contributed by atoms with Crippen molar-refractivity contribution in [2.45, 2.75) is 20.3 Å². The number of benzene rings is 2. The van der Waals surface area contributed by atoms with Crippen LogP contribution in [-0.2, 0) is 6.42 Å². The molecule has 0 atom stereocenters. The molecule has 0 unspecified atom stereocenters. The van der Waals surface area contributed by atoms with Crippen LogP contribution < -0.4 is 10.6 Å². The number of aromatic nitrogens is 3. The minimum absolute atomic E-state index is 0.342. The Morgan fingerprint density at radius 2 is 1.88 bits per heavy atom. The van der Waals surface area contributed by atoms with Crippen LogP contribution in [0.3, 0.4) is 0 Å². The lowest BCUT2D eigenvalue weighted by molar-refractivity contribution is 0.632. The van der Waals surface area contributed by atoms with Gasteiger partial charge in [0.2, 0.25) is 5.95 Å². The summed E-state index contributed by atoms with van der Waals surface area (Å²) in [5.41, 5.74) is 3.59. The Morgan fingerprint density at radius 1 is 1.04 bits per heavy atom. The predicted octanol–water partition coefficient (Wildman–Crippen LogP) is 4.37. The van der Waals surface area contributed by atoms with Crippen molar-refractivity contribution in [1.29, 1.82) is 0 Å². The van der Waals surface area contributed by atoms with Crippen LogP contribution in [0.4, 0.5) is 27.5 Å². The summed E-state index contributed by atoms with van der Waals surface area (Å²) in [6.45, 7) is 4.12. The second-order valence-corrected chi connectivity index (χ2v) is 5.36. The van der Waals surface area contributed by atoms with Crippen molar-refractivity contribution in [2.24, 2.45) is 0 Å². The van der Waals surface area contributed by atoms with Crippen LogP contribution in [0.2, 0.25) is 0 Å². The molecule has 0 radical (unpaired) electrons. The molecule has 0 spiro atoms. The second-order valence-electron chi connectivity index (χ2n) is 5.36. The third kappa shape index (κ3) is 3.48. The summed E-state index contributed by atoms with van der Waals surface area (Å²) in [6.07, 6.45) is 2.35. The van der Waals surface area contributed by atoms with Crippen LogP contribution in [0.15, 0.2) is 48.7 Å². The molecule has 24 heavy (non-hydrogen) atoms. The maximum Gasteiger partial charge on any atom is 0.249 e. The summed E-state index contributed by atoms with van der Waals surface area (Å²) in [6, 6.07) is 12.5. The quantitative estimate of drug-likeness (QED) is 0.730.